The van der Waals surface area contributed by atoms with Crippen molar-refractivity contribution in [3.63, 3.8) is 0 Å². The number of carbonyl (C=O) groups excluding carboxylic acids is 3. The lowest BCUT2D eigenvalue weighted by Gasteiger charge is -2.39. The van der Waals surface area contributed by atoms with Crippen molar-refractivity contribution in [3.8, 4) is 0 Å². The van der Waals surface area contributed by atoms with Crippen LogP contribution in [0, 0.1) is 5.92 Å². The van der Waals surface area contributed by atoms with Gasteiger partial charge in [-0.1, -0.05) is 0 Å². The highest BCUT2D eigenvalue weighted by Gasteiger charge is 2.49. The Hall–Kier alpha value is -3.42. The zero-order valence-corrected chi connectivity index (χ0v) is 17.9. The van der Waals surface area contributed by atoms with Gasteiger partial charge in [0.2, 0.25) is 11.8 Å². The lowest BCUT2D eigenvalue weighted by molar-refractivity contribution is -0.148. The van der Waals surface area contributed by atoms with E-state index in [1.165, 1.54) is 4.90 Å². The Labute approximate surface area is 188 Å². The molecule has 8 N–H and O–H groups in total. The van der Waals surface area contributed by atoms with Crippen LogP contribution in [0.4, 0.5) is 4.79 Å². The molecule has 2 aliphatic rings. The van der Waals surface area contributed by atoms with Gasteiger partial charge in [0.1, 0.15) is 12.1 Å². The van der Waals surface area contributed by atoms with Crippen LogP contribution >= 0.6 is 0 Å². The number of piperidine rings is 1. The van der Waals surface area contributed by atoms with Crippen LogP contribution in [0.2, 0.25) is 0 Å². The molecule has 5 atom stereocenters. The molecule has 0 spiro atoms. The van der Waals surface area contributed by atoms with Crippen molar-refractivity contribution in [1.82, 2.24) is 10.2 Å². The molecule has 184 valence electrons. The predicted molar refractivity (Wildman–Crippen MR) is 111 cm³/mol. The van der Waals surface area contributed by atoms with Gasteiger partial charge in [0.05, 0.1) is 12.7 Å². The third-order valence-corrected chi connectivity index (χ3v) is 5.64. The van der Waals surface area contributed by atoms with Crippen molar-refractivity contribution >= 4 is 35.8 Å². The van der Waals surface area contributed by atoms with Gasteiger partial charge in [-0.05, 0) is 32.1 Å². The van der Waals surface area contributed by atoms with Crippen LogP contribution in [0.1, 0.15) is 44.9 Å². The second-order valence-corrected chi connectivity index (χ2v) is 8.10. The maximum Gasteiger partial charge on any atom is 0.436 e. The van der Waals surface area contributed by atoms with E-state index in [4.69, 9.17) is 21.3 Å². The highest BCUT2D eigenvalue weighted by molar-refractivity contribution is 5.92. The van der Waals surface area contributed by atoms with E-state index in [9.17, 15) is 34.2 Å². The molecule has 0 saturated carbocycles. The van der Waals surface area contributed by atoms with Gasteiger partial charge in [0.25, 0.3) is 0 Å². The van der Waals surface area contributed by atoms with E-state index in [-0.39, 0.29) is 31.8 Å². The number of guanidine groups is 1. The third kappa shape index (κ3) is 7.30. The monoisotopic (exact) mass is 471 g/mol. The number of aliphatic hydroxyl groups is 1. The normalized spacial score (nSPS) is 25.0. The molecule has 2 heterocycles. The van der Waals surface area contributed by atoms with Gasteiger partial charge in [-0.15, -0.1) is 4.99 Å². The third-order valence-electron chi connectivity index (χ3n) is 5.64. The summed E-state index contributed by atoms with van der Waals surface area (Å²) in [6, 6.07) is -2.89. The van der Waals surface area contributed by atoms with Crippen molar-refractivity contribution < 1.29 is 44.0 Å². The molecule has 0 bridgehead atoms. The Balaban J connectivity index is 1.98. The summed E-state index contributed by atoms with van der Waals surface area (Å²) in [6.07, 6.45) is -1.23. The molecule has 2 rings (SSSR count). The topological polar surface area (TPSA) is 235 Å². The number of amides is 3. The quantitative estimate of drug-likeness (QED) is 0.120. The van der Waals surface area contributed by atoms with Crippen LogP contribution in [0.3, 0.4) is 0 Å². The Morgan fingerprint density at radius 3 is 2.48 bits per heavy atom. The van der Waals surface area contributed by atoms with E-state index in [0.717, 1.165) is 0 Å². The average Bonchev–Trinajstić information content (AvgIpc) is 3.01. The number of nitrogens with one attached hydrogen (secondary N) is 1. The van der Waals surface area contributed by atoms with Gasteiger partial charge in [-0.25, -0.2) is 9.59 Å². The zero-order valence-electron chi connectivity index (χ0n) is 17.9. The highest BCUT2D eigenvalue weighted by atomic mass is 16.5. The number of rotatable bonds is 10. The molecule has 33 heavy (non-hydrogen) atoms. The Morgan fingerprint density at radius 1 is 1.18 bits per heavy atom. The number of aliphatic carboxylic acids is 2. The molecule has 0 aromatic carbocycles. The molecule has 2 aliphatic heterocycles. The van der Waals surface area contributed by atoms with Gasteiger partial charge in [-0.2, -0.15) is 0 Å². The standard InChI is InChI=1S/C19H29N5O9/c20-18(21)23-19(32)33-5-1-2-9-6-10-7-11(25)8-13(24(10)16(9)29)15(28)22-12(17(30)31)3-4-14(26)27/h9-13,25H,1-8H2,(H,22,28)(H,26,27)(H,30,31)(H4,20,21,23,32)/t9?,10?,11?,12-,13?/m0/s1. The summed E-state index contributed by atoms with van der Waals surface area (Å²) in [6.45, 7) is -0.0134. The number of aliphatic imine (C=N–C) groups is 1. The van der Waals surface area contributed by atoms with Crippen LogP contribution in [0.15, 0.2) is 4.99 Å². The Kier molecular flexibility index (Phi) is 8.96. The zero-order chi connectivity index (χ0) is 24.7. The fraction of sp³-hybridized carbons (Fsp3) is 0.684. The van der Waals surface area contributed by atoms with Crippen molar-refractivity contribution in [2.45, 2.75) is 69.2 Å². The van der Waals surface area contributed by atoms with Gasteiger partial charge in [0.15, 0.2) is 5.96 Å². The summed E-state index contributed by atoms with van der Waals surface area (Å²) in [5.74, 6) is -4.54. The number of nitrogens with zero attached hydrogens (tertiary/aromatic N) is 2. The summed E-state index contributed by atoms with van der Waals surface area (Å²) in [5.41, 5.74) is 10.1. The lowest BCUT2D eigenvalue weighted by atomic mass is 9.92. The minimum atomic E-state index is -1.43. The van der Waals surface area contributed by atoms with Crippen LogP contribution in [0.5, 0.6) is 0 Å². The molecule has 0 aliphatic carbocycles. The van der Waals surface area contributed by atoms with Gasteiger partial charge in [0, 0.05) is 24.8 Å². The van der Waals surface area contributed by atoms with Crippen LogP contribution in [-0.4, -0.2) is 86.9 Å². The first-order chi connectivity index (χ1) is 15.5. The SMILES string of the molecule is NC(N)=NC(=O)OCCCC1CC2CC(O)CC(C(=O)N[C@@H](CCC(=O)O)C(=O)O)N2C1=O. The van der Waals surface area contributed by atoms with Crippen LogP contribution < -0.4 is 16.8 Å². The van der Waals surface area contributed by atoms with E-state index >= 15 is 0 Å². The average molecular weight is 471 g/mol. The van der Waals surface area contributed by atoms with E-state index in [2.05, 4.69) is 10.3 Å². The molecule has 2 saturated heterocycles. The first-order valence-corrected chi connectivity index (χ1v) is 10.5. The molecule has 0 aromatic rings. The number of ether oxygens (including phenoxy) is 1. The fourth-order valence-corrected chi connectivity index (χ4v) is 4.23. The van der Waals surface area contributed by atoms with Crippen LogP contribution in [-0.2, 0) is 23.9 Å². The fourth-order valence-electron chi connectivity index (χ4n) is 4.23. The number of hydrogen-bond acceptors (Lipinski definition) is 7. The summed E-state index contributed by atoms with van der Waals surface area (Å²) in [5, 5.41) is 30.6. The molecular formula is C19H29N5O9. The number of aliphatic hydroxyl groups excluding tert-OH is 1. The summed E-state index contributed by atoms with van der Waals surface area (Å²) in [7, 11) is 0. The minimum absolute atomic E-state index is 0.0134. The molecule has 0 radical (unpaired) electrons. The molecule has 2 fully saturated rings. The largest absolute Gasteiger partial charge is 0.481 e. The second-order valence-electron chi connectivity index (χ2n) is 8.10. The number of nitrogens with two attached hydrogens (primary N) is 2. The van der Waals surface area contributed by atoms with E-state index in [0.29, 0.717) is 19.3 Å². The Morgan fingerprint density at radius 2 is 1.88 bits per heavy atom. The smallest absolute Gasteiger partial charge is 0.436 e. The number of carboxylic acid groups (broad SMARTS) is 2. The number of carbonyl (C=O) groups is 5. The lowest BCUT2D eigenvalue weighted by Crippen LogP contribution is -2.58. The first kappa shape index (κ1) is 25.8. The van der Waals surface area contributed by atoms with Gasteiger partial charge < -0.3 is 41.7 Å². The van der Waals surface area contributed by atoms with Gasteiger partial charge >= 0.3 is 18.0 Å². The Bertz CT molecular complexity index is 813. The van der Waals surface area contributed by atoms with Crippen molar-refractivity contribution in [3.05, 3.63) is 0 Å². The molecule has 4 unspecified atom stereocenters. The number of hydrogen-bond donors (Lipinski definition) is 6. The minimum Gasteiger partial charge on any atom is -0.481 e. The predicted octanol–water partition coefficient (Wildman–Crippen LogP) is -1.65. The van der Waals surface area contributed by atoms with Crippen molar-refractivity contribution in [2.75, 3.05) is 6.61 Å². The summed E-state index contributed by atoms with van der Waals surface area (Å²) >= 11 is 0. The number of carboxylic acids is 2. The molecule has 14 heteroatoms. The summed E-state index contributed by atoms with van der Waals surface area (Å²) in [4.78, 5) is 63.8. The molecule has 14 nitrogen and oxygen atoms in total. The summed E-state index contributed by atoms with van der Waals surface area (Å²) < 4.78 is 4.84. The van der Waals surface area contributed by atoms with E-state index in [1.807, 2.05) is 0 Å². The van der Waals surface area contributed by atoms with Gasteiger partial charge in [-0.3, -0.25) is 14.4 Å². The number of fused-ring (bicyclic) bond motifs is 1. The first-order valence-electron chi connectivity index (χ1n) is 10.5. The van der Waals surface area contributed by atoms with Crippen LogP contribution in [0.25, 0.3) is 0 Å². The van der Waals surface area contributed by atoms with E-state index in [1.54, 1.807) is 0 Å². The molecule has 3 amide bonds. The maximum absolute atomic E-state index is 13.0. The molecule has 0 aromatic heterocycles. The van der Waals surface area contributed by atoms with Crippen molar-refractivity contribution in [1.29, 1.82) is 0 Å². The molecular weight excluding hydrogens is 442 g/mol. The maximum atomic E-state index is 13.0. The highest BCUT2D eigenvalue weighted by Crippen LogP contribution is 2.37. The van der Waals surface area contributed by atoms with Crippen molar-refractivity contribution in [2.24, 2.45) is 22.4 Å². The van der Waals surface area contributed by atoms with E-state index < -0.39 is 66.5 Å². The second kappa shape index (κ2) is 11.4.